The third kappa shape index (κ3) is 6.39. The summed E-state index contributed by atoms with van der Waals surface area (Å²) in [6, 6.07) is 23.5. The second-order valence-corrected chi connectivity index (χ2v) is 6.42. The highest BCUT2D eigenvalue weighted by Gasteiger charge is 2.06. The molecular formula is C23H23N3O3. The maximum Gasteiger partial charge on any atom is 0.323 e. The normalized spacial score (nSPS) is 10.1. The number of benzene rings is 3. The van der Waals surface area contributed by atoms with E-state index in [2.05, 4.69) is 16.0 Å². The lowest BCUT2D eigenvalue weighted by atomic mass is 10.1. The van der Waals surface area contributed by atoms with Gasteiger partial charge in [0.2, 0.25) is 5.91 Å². The molecule has 0 atom stereocenters. The molecule has 29 heavy (non-hydrogen) atoms. The molecule has 6 nitrogen and oxygen atoms in total. The lowest BCUT2D eigenvalue weighted by Crippen LogP contribution is -2.19. The third-order valence-electron chi connectivity index (χ3n) is 4.23. The van der Waals surface area contributed by atoms with Gasteiger partial charge in [-0.3, -0.25) is 4.79 Å². The summed E-state index contributed by atoms with van der Waals surface area (Å²) in [5.41, 5.74) is 3.07. The monoisotopic (exact) mass is 389 g/mol. The van der Waals surface area contributed by atoms with E-state index in [9.17, 15) is 9.59 Å². The second kappa shape index (κ2) is 9.94. The number of hydrogen-bond acceptors (Lipinski definition) is 3. The van der Waals surface area contributed by atoms with E-state index in [0.717, 1.165) is 11.3 Å². The van der Waals surface area contributed by atoms with Gasteiger partial charge in [-0.05, 0) is 60.5 Å². The summed E-state index contributed by atoms with van der Waals surface area (Å²) in [4.78, 5) is 24.2. The minimum absolute atomic E-state index is 0.0738. The summed E-state index contributed by atoms with van der Waals surface area (Å²) >= 11 is 0. The van der Waals surface area contributed by atoms with Gasteiger partial charge in [0.1, 0.15) is 5.75 Å². The van der Waals surface area contributed by atoms with Crippen LogP contribution in [-0.2, 0) is 11.2 Å². The van der Waals surface area contributed by atoms with Gasteiger partial charge in [-0.2, -0.15) is 0 Å². The lowest BCUT2D eigenvalue weighted by Gasteiger charge is -2.09. The fraction of sp³-hybridized carbons (Fsp3) is 0.130. The molecule has 3 rings (SSSR count). The van der Waals surface area contributed by atoms with Gasteiger partial charge < -0.3 is 20.7 Å². The molecule has 148 valence electrons. The number of para-hydroxylation sites is 1. The molecule has 0 spiro atoms. The van der Waals surface area contributed by atoms with Gasteiger partial charge in [-0.25, -0.2) is 4.79 Å². The number of aryl methyl sites for hydroxylation is 1. The first-order valence-electron chi connectivity index (χ1n) is 9.28. The smallest absolute Gasteiger partial charge is 0.323 e. The molecule has 3 N–H and O–H groups in total. The maximum atomic E-state index is 12.2. The largest absolute Gasteiger partial charge is 0.497 e. The molecule has 3 aromatic carbocycles. The molecule has 3 amide bonds. The number of urea groups is 1. The summed E-state index contributed by atoms with van der Waals surface area (Å²) in [6.07, 6.45) is 0.995. The molecule has 0 saturated heterocycles. The van der Waals surface area contributed by atoms with Crippen LogP contribution in [0.4, 0.5) is 21.9 Å². The Kier molecular flexibility index (Phi) is 6.84. The lowest BCUT2D eigenvalue weighted by molar-refractivity contribution is -0.116. The molecule has 0 aliphatic heterocycles. The first-order chi connectivity index (χ1) is 14.1. The summed E-state index contributed by atoms with van der Waals surface area (Å²) in [5.74, 6) is 0.706. The van der Waals surface area contributed by atoms with Gasteiger partial charge in [0, 0.05) is 23.5 Å². The quantitative estimate of drug-likeness (QED) is 0.537. The molecule has 0 unspecified atom stereocenters. The van der Waals surface area contributed by atoms with Crippen LogP contribution in [0.3, 0.4) is 0 Å². The van der Waals surface area contributed by atoms with Crippen molar-refractivity contribution in [3.05, 3.63) is 84.4 Å². The Morgan fingerprint density at radius 1 is 0.759 bits per heavy atom. The number of anilines is 3. The van der Waals surface area contributed by atoms with E-state index in [1.54, 1.807) is 31.4 Å². The van der Waals surface area contributed by atoms with Gasteiger partial charge in [-0.15, -0.1) is 0 Å². The van der Waals surface area contributed by atoms with Crippen LogP contribution < -0.4 is 20.7 Å². The van der Waals surface area contributed by atoms with E-state index in [0.29, 0.717) is 29.9 Å². The third-order valence-corrected chi connectivity index (χ3v) is 4.23. The Labute approximate surface area is 169 Å². The molecule has 0 aromatic heterocycles. The fourth-order valence-electron chi connectivity index (χ4n) is 2.76. The van der Waals surface area contributed by atoms with Crippen molar-refractivity contribution in [3.63, 3.8) is 0 Å². The van der Waals surface area contributed by atoms with Crippen molar-refractivity contribution in [3.8, 4) is 5.75 Å². The Morgan fingerprint density at radius 2 is 1.38 bits per heavy atom. The number of carbonyl (C=O) groups excluding carboxylic acids is 2. The standard InChI is InChI=1S/C23H23N3O3/c1-29-21-9-5-6-17(16-21)10-15-22(27)24-19-11-13-20(14-12-19)26-23(28)25-18-7-3-2-4-8-18/h2-9,11-14,16H,10,15H2,1H3,(H,24,27)(H2,25,26,28). The Bertz CT molecular complexity index is 957. The van der Waals surface area contributed by atoms with Crippen LogP contribution >= 0.6 is 0 Å². The highest BCUT2D eigenvalue weighted by Crippen LogP contribution is 2.16. The van der Waals surface area contributed by atoms with Crippen molar-refractivity contribution in [1.82, 2.24) is 0 Å². The molecular weight excluding hydrogens is 366 g/mol. The molecule has 6 heteroatoms. The van der Waals surface area contributed by atoms with Gasteiger partial charge in [-0.1, -0.05) is 30.3 Å². The predicted molar refractivity (Wildman–Crippen MR) is 115 cm³/mol. The average Bonchev–Trinajstić information content (AvgIpc) is 2.74. The number of methoxy groups -OCH3 is 1. The average molecular weight is 389 g/mol. The van der Waals surface area contributed by atoms with Crippen molar-refractivity contribution in [2.24, 2.45) is 0 Å². The number of nitrogens with one attached hydrogen (secondary N) is 3. The molecule has 0 fully saturated rings. The molecule has 0 radical (unpaired) electrons. The number of rotatable bonds is 7. The number of amides is 3. The van der Waals surface area contributed by atoms with Crippen LogP contribution in [-0.4, -0.2) is 19.0 Å². The van der Waals surface area contributed by atoms with Crippen molar-refractivity contribution in [1.29, 1.82) is 0 Å². The van der Waals surface area contributed by atoms with Crippen LogP contribution in [0.5, 0.6) is 5.75 Å². The summed E-state index contributed by atoms with van der Waals surface area (Å²) in [6.45, 7) is 0. The molecule has 0 heterocycles. The van der Waals surface area contributed by atoms with E-state index in [4.69, 9.17) is 4.74 Å². The Morgan fingerprint density at radius 3 is 2.03 bits per heavy atom. The van der Waals surface area contributed by atoms with E-state index in [1.165, 1.54) is 0 Å². The zero-order chi connectivity index (χ0) is 20.5. The summed E-state index contributed by atoms with van der Waals surface area (Å²) < 4.78 is 5.19. The van der Waals surface area contributed by atoms with Crippen LogP contribution in [0.25, 0.3) is 0 Å². The van der Waals surface area contributed by atoms with Crippen LogP contribution in [0.2, 0.25) is 0 Å². The van der Waals surface area contributed by atoms with Crippen LogP contribution in [0.15, 0.2) is 78.9 Å². The van der Waals surface area contributed by atoms with Gasteiger partial charge in [0.25, 0.3) is 0 Å². The van der Waals surface area contributed by atoms with E-state index in [-0.39, 0.29) is 11.9 Å². The first kappa shape index (κ1) is 19.9. The molecule has 0 saturated carbocycles. The van der Waals surface area contributed by atoms with Crippen molar-refractivity contribution in [2.45, 2.75) is 12.8 Å². The highest BCUT2D eigenvalue weighted by atomic mass is 16.5. The van der Waals surface area contributed by atoms with E-state index >= 15 is 0 Å². The second-order valence-electron chi connectivity index (χ2n) is 6.42. The number of hydrogen-bond donors (Lipinski definition) is 3. The molecule has 0 aliphatic carbocycles. The minimum Gasteiger partial charge on any atom is -0.497 e. The van der Waals surface area contributed by atoms with Crippen LogP contribution in [0.1, 0.15) is 12.0 Å². The topological polar surface area (TPSA) is 79.5 Å². The van der Waals surface area contributed by atoms with Gasteiger partial charge >= 0.3 is 6.03 Å². The minimum atomic E-state index is -0.328. The summed E-state index contributed by atoms with van der Waals surface area (Å²) in [5, 5.41) is 8.37. The zero-order valence-electron chi connectivity index (χ0n) is 16.1. The first-order valence-corrected chi connectivity index (χ1v) is 9.28. The van der Waals surface area contributed by atoms with Crippen molar-refractivity contribution < 1.29 is 14.3 Å². The maximum absolute atomic E-state index is 12.2. The van der Waals surface area contributed by atoms with E-state index < -0.39 is 0 Å². The van der Waals surface area contributed by atoms with Crippen molar-refractivity contribution >= 4 is 29.0 Å². The fourth-order valence-corrected chi connectivity index (χ4v) is 2.76. The van der Waals surface area contributed by atoms with Crippen molar-refractivity contribution in [2.75, 3.05) is 23.1 Å². The molecule has 3 aromatic rings. The SMILES string of the molecule is COc1cccc(CCC(=O)Nc2ccc(NC(=O)Nc3ccccc3)cc2)c1. The van der Waals surface area contributed by atoms with Gasteiger partial charge in [0.15, 0.2) is 0 Å². The van der Waals surface area contributed by atoms with E-state index in [1.807, 2.05) is 54.6 Å². The Hall–Kier alpha value is -3.80. The highest BCUT2D eigenvalue weighted by molar-refractivity contribution is 6.00. The Balaban J connectivity index is 1.46. The number of ether oxygens (including phenoxy) is 1. The summed E-state index contributed by atoms with van der Waals surface area (Å²) in [7, 11) is 1.62. The molecule has 0 bridgehead atoms. The number of carbonyl (C=O) groups is 2. The molecule has 0 aliphatic rings. The van der Waals surface area contributed by atoms with Crippen LogP contribution in [0, 0.1) is 0 Å². The predicted octanol–water partition coefficient (Wildman–Crippen LogP) is 4.91. The zero-order valence-corrected chi connectivity index (χ0v) is 16.1. The van der Waals surface area contributed by atoms with Gasteiger partial charge in [0.05, 0.1) is 7.11 Å².